The van der Waals surface area contributed by atoms with Gasteiger partial charge in [-0.15, -0.1) is 0 Å². The summed E-state index contributed by atoms with van der Waals surface area (Å²) in [6, 6.07) is 20.0. The SMILES string of the molecule is COC(=O)N[C@H](C(=O)N1CCCC1c1ncc(-c2ccc(-c3ccc4cc(-c5cnc(C6CCCCC6C(=O)N(NC(=O)OC)C(C)C)[nH]5)ccc4c3)cc2)[nH]1)C(C)C. The second kappa shape index (κ2) is 17.8. The predicted octanol–water partition coefficient (Wildman–Crippen LogP) is 8.11. The topological polar surface area (TPSA) is 175 Å². The highest BCUT2D eigenvalue weighted by atomic mass is 16.5. The predicted molar refractivity (Wildman–Crippen MR) is 225 cm³/mol. The molecule has 2 aromatic heterocycles. The molecule has 4 N–H and O–H groups in total. The van der Waals surface area contributed by atoms with Crippen LogP contribution in [0.15, 0.2) is 73.1 Å². The Hall–Kier alpha value is -6.18. The third-order valence-electron chi connectivity index (χ3n) is 11.7. The van der Waals surface area contributed by atoms with E-state index in [1.807, 2.05) is 45.0 Å². The molecule has 4 amide bonds. The number of nitrogens with one attached hydrogen (secondary N) is 4. The van der Waals surface area contributed by atoms with Gasteiger partial charge in [0.1, 0.15) is 17.7 Å². The molecular formula is C45H54N8O6. The van der Waals surface area contributed by atoms with E-state index in [2.05, 4.69) is 81.4 Å². The highest BCUT2D eigenvalue weighted by Crippen LogP contribution is 2.39. The Morgan fingerprint density at radius 1 is 0.729 bits per heavy atom. The number of amides is 4. The fraction of sp³-hybridized carbons (Fsp3) is 0.422. The highest BCUT2D eigenvalue weighted by Gasteiger charge is 2.39. The fourth-order valence-electron chi connectivity index (χ4n) is 8.47. The minimum atomic E-state index is -0.687. The Morgan fingerprint density at radius 3 is 2.00 bits per heavy atom. The van der Waals surface area contributed by atoms with Gasteiger partial charge in [-0.2, -0.15) is 0 Å². The number of benzene rings is 3. The van der Waals surface area contributed by atoms with Crippen molar-refractivity contribution >= 4 is 34.8 Å². The summed E-state index contributed by atoms with van der Waals surface area (Å²) in [6.45, 7) is 8.13. The van der Waals surface area contributed by atoms with Crippen LogP contribution in [0.2, 0.25) is 0 Å². The smallest absolute Gasteiger partial charge is 0.425 e. The molecule has 0 spiro atoms. The van der Waals surface area contributed by atoms with Gasteiger partial charge >= 0.3 is 12.2 Å². The van der Waals surface area contributed by atoms with Gasteiger partial charge in [0.2, 0.25) is 11.8 Å². The number of hydrogen-bond donors (Lipinski definition) is 4. The Balaban J connectivity index is 1.03. The van der Waals surface area contributed by atoms with Crippen molar-refractivity contribution in [2.75, 3.05) is 20.8 Å². The molecule has 14 nitrogen and oxygen atoms in total. The first-order valence-electron chi connectivity index (χ1n) is 20.5. The van der Waals surface area contributed by atoms with Gasteiger partial charge in [0.15, 0.2) is 0 Å². The van der Waals surface area contributed by atoms with Crippen LogP contribution in [0.5, 0.6) is 0 Å². The molecule has 0 bridgehead atoms. The van der Waals surface area contributed by atoms with Gasteiger partial charge in [-0.25, -0.2) is 30.0 Å². The molecule has 3 heterocycles. The van der Waals surface area contributed by atoms with Crippen LogP contribution in [0.1, 0.15) is 89.8 Å². The minimum Gasteiger partial charge on any atom is -0.453 e. The van der Waals surface area contributed by atoms with Crippen LogP contribution in [0.4, 0.5) is 9.59 Å². The molecule has 1 aliphatic carbocycles. The lowest BCUT2D eigenvalue weighted by atomic mass is 9.78. The van der Waals surface area contributed by atoms with Gasteiger partial charge < -0.3 is 29.7 Å². The molecular weight excluding hydrogens is 749 g/mol. The van der Waals surface area contributed by atoms with E-state index in [9.17, 15) is 19.2 Å². The summed E-state index contributed by atoms with van der Waals surface area (Å²) < 4.78 is 9.53. The van der Waals surface area contributed by atoms with Crippen LogP contribution in [0, 0.1) is 11.8 Å². The van der Waals surface area contributed by atoms with E-state index in [1.165, 1.54) is 19.2 Å². The monoisotopic (exact) mass is 802 g/mol. The van der Waals surface area contributed by atoms with Gasteiger partial charge in [0.05, 0.1) is 44.0 Å². The zero-order valence-electron chi connectivity index (χ0n) is 34.6. The molecule has 3 aromatic carbocycles. The second-order valence-electron chi connectivity index (χ2n) is 16.2. The number of aromatic nitrogens is 4. The van der Waals surface area contributed by atoms with E-state index in [0.717, 1.165) is 94.6 Å². The summed E-state index contributed by atoms with van der Waals surface area (Å²) in [4.78, 5) is 69.5. The normalized spacial score (nSPS) is 18.5. The first-order valence-corrected chi connectivity index (χ1v) is 20.5. The molecule has 0 radical (unpaired) electrons. The first-order chi connectivity index (χ1) is 28.4. The van der Waals surface area contributed by atoms with Crippen molar-refractivity contribution < 1.29 is 28.7 Å². The van der Waals surface area contributed by atoms with Crippen molar-refractivity contribution in [1.29, 1.82) is 0 Å². The summed E-state index contributed by atoms with van der Waals surface area (Å²) in [5.74, 6) is 0.732. The van der Waals surface area contributed by atoms with E-state index in [4.69, 9.17) is 19.4 Å². The number of likely N-dealkylation sites (tertiary alicyclic amines) is 1. The molecule has 14 heteroatoms. The summed E-state index contributed by atoms with van der Waals surface area (Å²) in [5.41, 5.74) is 8.51. The van der Waals surface area contributed by atoms with Gasteiger partial charge in [0, 0.05) is 30.0 Å². The Bertz CT molecular complexity index is 2300. The van der Waals surface area contributed by atoms with Crippen LogP contribution in [-0.4, -0.2) is 86.7 Å². The van der Waals surface area contributed by atoms with Crippen LogP contribution >= 0.6 is 0 Å². The molecule has 59 heavy (non-hydrogen) atoms. The van der Waals surface area contributed by atoms with Crippen molar-refractivity contribution in [2.24, 2.45) is 11.8 Å². The number of nitrogens with zero attached hydrogens (tertiary/aromatic N) is 4. The third-order valence-corrected chi connectivity index (χ3v) is 11.7. The summed E-state index contributed by atoms with van der Waals surface area (Å²) in [7, 11) is 2.58. The quantitative estimate of drug-likeness (QED) is 0.102. The Labute approximate surface area is 344 Å². The zero-order chi connectivity index (χ0) is 41.8. The molecule has 3 unspecified atom stereocenters. The largest absolute Gasteiger partial charge is 0.453 e. The molecule has 1 saturated heterocycles. The van der Waals surface area contributed by atoms with Crippen LogP contribution < -0.4 is 10.7 Å². The van der Waals surface area contributed by atoms with Crippen molar-refractivity contribution in [3.8, 4) is 33.6 Å². The molecule has 310 valence electrons. The number of methoxy groups -OCH3 is 2. The summed E-state index contributed by atoms with van der Waals surface area (Å²) >= 11 is 0. The molecule has 4 atom stereocenters. The van der Waals surface area contributed by atoms with Crippen molar-refractivity contribution in [1.82, 2.24) is 40.6 Å². The summed E-state index contributed by atoms with van der Waals surface area (Å²) in [5, 5.41) is 6.28. The third kappa shape index (κ3) is 8.81. The van der Waals surface area contributed by atoms with E-state index in [0.29, 0.717) is 6.54 Å². The maximum Gasteiger partial charge on any atom is 0.425 e. The van der Waals surface area contributed by atoms with Gasteiger partial charge in [0.25, 0.3) is 0 Å². The maximum atomic E-state index is 13.7. The van der Waals surface area contributed by atoms with E-state index >= 15 is 0 Å². The summed E-state index contributed by atoms with van der Waals surface area (Å²) in [6.07, 6.45) is 7.49. The molecule has 1 saturated carbocycles. The van der Waals surface area contributed by atoms with Gasteiger partial charge in [-0.05, 0) is 85.0 Å². The number of rotatable bonds is 10. The lowest BCUT2D eigenvalue weighted by Gasteiger charge is -2.35. The van der Waals surface area contributed by atoms with Crippen molar-refractivity contribution in [3.63, 3.8) is 0 Å². The average molecular weight is 803 g/mol. The number of fused-ring (bicyclic) bond motifs is 1. The first kappa shape index (κ1) is 41.0. The van der Waals surface area contributed by atoms with Crippen LogP contribution in [-0.2, 0) is 19.1 Å². The number of hydrazine groups is 1. The maximum absolute atomic E-state index is 13.7. The van der Waals surface area contributed by atoms with Crippen LogP contribution in [0.3, 0.4) is 0 Å². The number of ether oxygens (including phenoxy) is 2. The molecule has 2 aliphatic rings. The molecule has 1 aliphatic heterocycles. The van der Waals surface area contributed by atoms with Crippen LogP contribution in [0.25, 0.3) is 44.4 Å². The highest BCUT2D eigenvalue weighted by molar-refractivity contribution is 5.91. The van der Waals surface area contributed by atoms with E-state index < -0.39 is 18.2 Å². The molecule has 5 aromatic rings. The van der Waals surface area contributed by atoms with E-state index in [1.54, 1.807) is 0 Å². The number of hydrogen-bond acceptors (Lipinski definition) is 8. The lowest BCUT2D eigenvalue weighted by molar-refractivity contribution is -0.142. The fourth-order valence-corrected chi connectivity index (χ4v) is 8.47. The van der Waals surface area contributed by atoms with E-state index in [-0.39, 0.29) is 41.7 Å². The zero-order valence-corrected chi connectivity index (χ0v) is 34.6. The number of imidazole rings is 2. The molecule has 2 fully saturated rings. The standard InChI is InChI=1S/C45H54N8O6/c1-26(2)39(50-44(56)58-5)43(55)52-21-9-12-38(52)41-47-24-36(49-41)29-15-13-28(14-16-29)30-17-18-32-23-33(20-19-31(32)22-30)37-25-46-40(48-37)34-10-7-8-11-35(34)42(54)53(27(3)4)51-45(57)59-6/h13-20,22-27,34-35,38-39H,7-12,21H2,1-6H3,(H,46,48)(H,47,49)(H,50,56)(H,51,57)/t34?,35?,38?,39-/m0/s1. The Kier molecular flexibility index (Phi) is 12.3. The average Bonchev–Trinajstić information content (AvgIpc) is 4.06. The number of alkyl carbamates (subject to hydrolysis) is 1. The van der Waals surface area contributed by atoms with Gasteiger partial charge in [-0.3, -0.25) is 9.59 Å². The van der Waals surface area contributed by atoms with Crippen molar-refractivity contribution in [2.45, 2.75) is 90.3 Å². The number of aromatic amines is 2. The van der Waals surface area contributed by atoms with Crippen molar-refractivity contribution in [3.05, 3.63) is 84.7 Å². The van der Waals surface area contributed by atoms with Gasteiger partial charge in [-0.1, -0.05) is 75.2 Å². The lowest BCUT2D eigenvalue weighted by Crippen LogP contribution is -2.53. The Morgan fingerprint density at radius 2 is 1.32 bits per heavy atom. The number of carbonyl (C=O) groups is 4. The number of H-pyrrole nitrogens is 2. The second-order valence-corrected chi connectivity index (χ2v) is 16.2. The molecule has 7 rings (SSSR count). The number of carbonyl (C=O) groups excluding carboxylic acids is 4. The minimum absolute atomic E-state index is 0.0930.